The van der Waals surface area contributed by atoms with Crippen LogP contribution in [0, 0.1) is 5.92 Å². The lowest BCUT2D eigenvalue weighted by atomic mass is 9.99. The van der Waals surface area contributed by atoms with Crippen molar-refractivity contribution in [2.24, 2.45) is 5.92 Å². The first kappa shape index (κ1) is 15.2. The largest absolute Gasteiger partial charge is 0.316 e. The van der Waals surface area contributed by atoms with E-state index in [9.17, 15) is 0 Å². The molecule has 0 aromatic carbocycles. The van der Waals surface area contributed by atoms with Gasteiger partial charge in [0.2, 0.25) is 0 Å². The minimum absolute atomic E-state index is 0.800. The monoisotopic (exact) mass is 321 g/mol. The highest BCUT2D eigenvalue weighted by Crippen LogP contribution is 2.26. The van der Waals surface area contributed by atoms with E-state index in [1.54, 1.807) is 22.7 Å². The molecule has 1 N–H and O–H groups in total. The Hall–Kier alpha value is -0.750. The molecule has 5 heteroatoms. The second kappa shape index (κ2) is 7.49. The maximum Gasteiger partial charge on any atom is 0.124 e. The third-order valence-electron chi connectivity index (χ3n) is 4.07. The highest BCUT2D eigenvalue weighted by Gasteiger charge is 2.17. The lowest BCUT2D eigenvalue weighted by Gasteiger charge is -2.28. The molecule has 0 saturated carbocycles. The van der Waals surface area contributed by atoms with Crippen molar-refractivity contribution < 1.29 is 0 Å². The van der Waals surface area contributed by atoms with Gasteiger partial charge in [0.15, 0.2) is 0 Å². The van der Waals surface area contributed by atoms with Gasteiger partial charge in [-0.1, -0.05) is 6.92 Å². The first-order chi connectivity index (χ1) is 10.3. The predicted octanol–water partition coefficient (Wildman–Crippen LogP) is 3.69. The molecule has 2 aromatic heterocycles. The molecule has 1 atom stereocenters. The third kappa shape index (κ3) is 4.13. The average Bonchev–Trinajstić information content (AvgIpc) is 3.18. The number of piperidine rings is 1. The zero-order valence-electron chi connectivity index (χ0n) is 12.5. The number of aromatic nitrogens is 1. The second-order valence-corrected chi connectivity index (χ2v) is 7.33. The van der Waals surface area contributed by atoms with Crippen LogP contribution in [0.3, 0.4) is 0 Å². The highest BCUT2D eigenvalue weighted by atomic mass is 32.1. The zero-order chi connectivity index (χ0) is 14.5. The van der Waals surface area contributed by atoms with Crippen LogP contribution in [0.4, 0.5) is 0 Å². The van der Waals surface area contributed by atoms with Gasteiger partial charge < -0.3 is 5.32 Å². The van der Waals surface area contributed by atoms with Crippen molar-refractivity contribution in [1.29, 1.82) is 0 Å². The molecule has 0 amide bonds. The Kier molecular flexibility index (Phi) is 5.41. The summed E-state index contributed by atoms with van der Waals surface area (Å²) < 4.78 is 0. The summed E-state index contributed by atoms with van der Waals surface area (Å²) in [6.07, 6.45) is 2.68. The van der Waals surface area contributed by atoms with E-state index in [2.05, 4.69) is 39.3 Å². The minimum Gasteiger partial charge on any atom is -0.316 e. The zero-order valence-corrected chi connectivity index (χ0v) is 14.2. The van der Waals surface area contributed by atoms with E-state index in [1.807, 2.05) is 0 Å². The van der Waals surface area contributed by atoms with Gasteiger partial charge in [0, 0.05) is 29.4 Å². The highest BCUT2D eigenvalue weighted by molar-refractivity contribution is 7.14. The predicted molar refractivity (Wildman–Crippen MR) is 92.0 cm³/mol. The molecule has 3 nitrogen and oxygen atoms in total. The Morgan fingerprint density at radius 1 is 1.43 bits per heavy atom. The molecule has 0 spiro atoms. The van der Waals surface area contributed by atoms with Crippen molar-refractivity contribution in [3.8, 4) is 10.6 Å². The maximum atomic E-state index is 4.80. The molecular weight excluding hydrogens is 298 g/mol. The molecule has 21 heavy (non-hydrogen) atoms. The second-order valence-electron chi connectivity index (χ2n) is 5.70. The van der Waals surface area contributed by atoms with Gasteiger partial charge in [-0.3, -0.25) is 4.90 Å². The topological polar surface area (TPSA) is 28.2 Å². The lowest BCUT2D eigenvalue weighted by Crippen LogP contribution is -2.38. The lowest BCUT2D eigenvalue weighted by molar-refractivity contribution is 0.208. The van der Waals surface area contributed by atoms with E-state index < -0.39 is 0 Å². The van der Waals surface area contributed by atoms with Gasteiger partial charge in [-0.15, -0.1) is 11.3 Å². The molecule has 0 bridgehead atoms. The van der Waals surface area contributed by atoms with Crippen molar-refractivity contribution in [3.05, 3.63) is 27.9 Å². The van der Waals surface area contributed by atoms with Crippen LogP contribution in [0.2, 0.25) is 0 Å². The van der Waals surface area contributed by atoms with Crippen LogP contribution in [0.25, 0.3) is 10.6 Å². The first-order valence-corrected chi connectivity index (χ1v) is 9.57. The van der Waals surface area contributed by atoms with E-state index in [0.29, 0.717) is 0 Å². The van der Waals surface area contributed by atoms with E-state index >= 15 is 0 Å². The van der Waals surface area contributed by atoms with Gasteiger partial charge in [0.1, 0.15) is 5.01 Å². The number of nitrogens with one attached hydrogen (secondary N) is 1. The quantitative estimate of drug-likeness (QED) is 0.879. The molecule has 1 unspecified atom stereocenters. The fraction of sp³-hybridized carbons (Fsp3) is 0.562. The number of hydrogen-bond donors (Lipinski definition) is 1. The summed E-state index contributed by atoms with van der Waals surface area (Å²) in [5.41, 5.74) is 2.47. The molecule has 2 aromatic rings. The van der Waals surface area contributed by atoms with Crippen molar-refractivity contribution in [3.63, 3.8) is 0 Å². The van der Waals surface area contributed by atoms with Crippen molar-refractivity contribution >= 4 is 22.7 Å². The molecule has 114 valence electrons. The number of rotatable bonds is 6. The Morgan fingerprint density at radius 3 is 3.10 bits per heavy atom. The summed E-state index contributed by atoms with van der Waals surface area (Å²) in [5.74, 6) is 0.800. The molecule has 0 aliphatic carbocycles. The molecule has 3 rings (SSSR count). The van der Waals surface area contributed by atoms with Gasteiger partial charge in [0.05, 0.1) is 5.69 Å². The molecule has 1 saturated heterocycles. The van der Waals surface area contributed by atoms with E-state index in [-0.39, 0.29) is 0 Å². The first-order valence-electron chi connectivity index (χ1n) is 7.75. The van der Waals surface area contributed by atoms with Crippen LogP contribution in [-0.2, 0) is 6.54 Å². The van der Waals surface area contributed by atoms with E-state index in [1.165, 1.54) is 43.7 Å². The molecular formula is C16H23N3S2. The fourth-order valence-corrected chi connectivity index (χ4v) is 4.40. The molecule has 3 heterocycles. The number of thiazole rings is 1. The van der Waals surface area contributed by atoms with Crippen LogP contribution in [0.1, 0.15) is 25.5 Å². The average molecular weight is 322 g/mol. The number of thiophene rings is 1. The summed E-state index contributed by atoms with van der Waals surface area (Å²) in [4.78, 5) is 7.33. The van der Waals surface area contributed by atoms with Crippen molar-refractivity contribution in [2.75, 3.05) is 26.2 Å². The Morgan fingerprint density at radius 2 is 2.38 bits per heavy atom. The molecule has 0 radical (unpaired) electrons. The van der Waals surface area contributed by atoms with Gasteiger partial charge in [-0.2, -0.15) is 11.3 Å². The minimum atomic E-state index is 0.800. The van der Waals surface area contributed by atoms with Crippen LogP contribution >= 0.6 is 22.7 Å². The van der Waals surface area contributed by atoms with Gasteiger partial charge in [-0.25, -0.2) is 4.98 Å². The summed E-state index contributed by atoms with van der Waals surface area (Å²) in [5, 5.41) is 11.2. The third-order valence-corrected chi connectivity index (χ3v) is 5.69. The maximum absolute atomic E-state index is 4.80. The normalized spacial score (nSPS) is 19.2. The summed E-state index contributed by atoms with van der Waals surface area (Å²) in [6.45, 7) is 7.89. The van der Waals surface area contributed by atoms with Crippen LogP contribution in [0.15, 0.2) is 22.2 Å². The van der Waals surface area contributed by atoms with E-state index in [4.69, 9.17) is 4.98 Å². The van der Waals surface area contributed by atoms with Crippen LogP contribution in [0.5, 0.6) is 0 Å². The van der Waals surface area contributed by atoms with Crippen molar-refractivity contribution in [2.45, 2.75) is 26.3 Å². The van der Waals surface area contributed by atoms with Crippen molar-refractivity contribution in [1.82, 2.24) is 15.2 Å². The summed E-state index contributed by atoms with van der Waals surface area (Å²) in [6, 6.07) is 2.15. The van der Waals surface area contributed by atoms with Gasteiger partial charge in [-0.05, 0) is 49.8 Å². The fourth-order valence-electron chi connectivity index (χ4n) is 2.88. The summed E-state index contributed by atoms with van der Waals surface area (Å²) >= 11 is 3.50. The summed E-state index contributed by atoms with van der Waals surface area (Å²) in [7, 11) is 0. The van der Waals surface area contributed by atoms with Crippen LogP contribution in [-0.4, -0.2) is 36.1 Å². The number of nitrogens with zero attached hydrogens (tertiary/aromatic N) is 2. The van der Waals surface area contributed by atoms with Gasteiger partial charge in [0.25, 0.3) is 0 Å². The standard InChI is InChI=1S/C16H23N3S2/c1-2-19(9-13-4-3-6-17-8-13)10-15-12-21-16(18-15)14-5-7-20-11-14/h5,7,11-13,17H,2-4,6,8-10H2,1H3. The number of hydrogen-bond acceptors (Lipinski definition) is 5. The molecule has 1 aliphatic rings. The Balaban J connectivity index is 1.58. The molecule has 1 aliphatic heterocycles. The van der Waals surface area contributed by atoms with E-state index in [0.717, 1.165) is 24.0 Å². The Bertz CT molecular complexity index is 529. The Labute approximate surface area is 135 Å². The molecule has 1 fully saturated rings. The van der Waals surface area contributed by atoms with Crippen LogP contribution < -0.4 is 5.32 Å². The SMILES string of the molecule is CCN(Cc1csc(-c2ccsc2)n1)CC1CCCNC1. The van der Waals surface area contributed by atoms with Gasteiger partial charge >= 0.3 is 0 Å². The smallest absolute Gasteiger partial charge is 0.124 e.